The number of nitrogens with zero attached hydrogens (tertiary/aromatic N) is 2. The van der Waals surface area contributed by atoms with Crippen molar-refractivity contribution >= 4 is 57.3 Å². The molecule has 0 unspecified atom stereocenters. The molecular weight excluding hydrogens is 377 g/mol. The lowest BCUT2D eigenvalue weighted by Gasteiger charge is -2.02. The first-order valence-electron chi connectivity index (χ1n) is 6.37. The lowest BCUT2D eigenvalue weighted by molar-refractivity contribution is 0.0996. The molecule has 0 aliphatic carbocycles. The van der Waals surface area contributed by atoms with Gasteiger partial charge in [0.25, 0.3) is 5.91 Å². The molecule has 0 bridgehead atoms. The summed E-state index contributed by atoms with van der Waals surface area (Å²) >= 11 is 14.8. The van der Waals surface area contributed by atoms with E-state index in [2.05, 4.69) is 15.5 Å². The van der Waals surface area contributed by atoms with Crippen LogP contribution < -0.4 is 5.32 Å². The molecule has 2 heterocycles. The highest BCUT2D eigenvalue weighted by molar-refractivity contribution is 8.00. The van der Waals surface area contributed by atoms with Crippen molar-refractivity contribution in [1.29, 1.82) is 0 Å². The van der Waals surface area contributed by atoms with E-state index in [-0.39, 0.29) is 11.7 Å². The van der Waals surface area contributed by atoms with Crippen LogP contribution in [0.2, 0.25) is 10.0 Å². The van der Waals surface area contributed by atoms with E-state index in [1.165, 1.54) is 29.4 Å². The molecule has 0 saturated heterocycles. The van der Waals surface area contributed by atoms with E-state index in [0.717, 1.165) is 9.90 Å². The predicted molar refractivity (Wildman–Crippen MR) is 92.6 cm³/mol. The molecule has 1 aromatic carbocycles. The molecule has 5 nitrogen and oxygen atoms in total. The number of hydrogen-bond acceptors (Lipinski definition) is 6. The molecule has 23 heavy (non-hydrogen) atoms. The standard InChI is InChI=1S/C14H9Cl2N3O2S2/c15-9-4-3-8(10(16)6-9)7-22-14-19-18-13(23-14)17-12(20)11-2-1-5-21-11/h1-6H,7H2,(H,17,18,20). The third-order valence-electron chi connectivity index (χ3n) is 2.74. The van der Waals surface area contributed by atoms with Gasteiger partial charge in [0.15, 0.2) is 10.1 Å². The summed E-state index contributed by atoms with van der Waals surface area (Å²) in [6.45, 7) is 0. The molecular formula is C14H9Cl2N3O2S2. The average Bonchev–Trinajstić information content (AvgIpc) is 3.17. The van der Waals surface area contributed by atoms with Crippen molar-refractivity contribution < 1.29 is 9.21 Å². The Morgan fingerprint density at radius 3 is 2.91 bits per heavy atom. The van der Waals surface area contributed by atoms with Crippen molar-refractivity contribution in [3.63, 3.8) is 0 Å². The first kappa shape index (κ1) is 16.3. The monoisotopic (exact) mass is 385 g/mol. The summed E-state index contributed by atoms with van der Waals surface area (Å²) in [5, 5.41) is 12.2. The third kappa shape index (κ3) is 4.26. The fourth-order valence-electron chi connectivity index (χ4n) is 1.66. The van der Waals surface area contributed by atoms with E-state index in [9.17, 15) is 4.79 Å². The summed E-state index contributed by atoms with van der Waals surface area (Å²) in [5.74, 6) is 0.502. The van der Waals surface area contributed by atoms with Crippen LogP contribution in [0.4, 0.5) is 5.13 Å². The van der Waals surface area contributed by atoms with E-state index >= 15 is 0 Å². The van der Waals surface area contributed by atoms with Gasteiger partial charge in [0, 0.05) is 15.8 Å². The number of furan rings is 1. The number of anilines is 1. The number of benzene rings is 1. The first-order chi connectivity index (χ1) is 11.1. The summed E-state index contributed by atoms with van der Waals surface area (Å²) in [4.78, 5) is 11.8. The summed E-state index contributed by atoms with van der Waals surface area (Å²) in [6.07, 6.45) is 1.44. The fraction of sp³-hybridized carbons (Fsp3) is 0.0714. The Hall–Kier alpha value is -1.54. The molecule has 0 spiro atoms. The number of carbonyl (C=O) groups excluding carboxylic acids is 1. The van der Waals surface area contributed by atoms with E-state index < -0.39 is 0 Å². The van der Waals surface area contributed by atoms with Gasteiger partial charge in [-0.1, -0.05) is 52.4 Å². The fourth-order valence-corrected chi connectivity index (χ4v) is 3.97. The van der Waals surface area contributed by atoms with Gasteiger partial charge in [-0.3, -0.25) is 10.1 Å². The Morgan fingerprint density at radius 1 is 1.30 bits per heavy atom. The smallest absolute Gasteiger partial charge is 0.293 e. The zero-order valence-electron chi connectivity index (χ0n) is 11.5. The molecule has 3 aromatic rings. The summed E-state index contributed by atoms with van der Waals surface area (Å²) < 4.78 is 5.74. The number of thioether (sulfide) groups is 1. The van der Waals surface area contributed by atoms with Crippen molar-refractivity contribution in [2.45, 2.75) is 10.1 Å². The minimum absolute atomic E-state index is 0.224. The highest BCUT2D eigenvalue weighted by Crippen LogP contribution is 2.31. The van der Waals surface area contributed by atoms with Gasteiger partial charge in [-0.2, -0.15) is 0 Å². The average molecular weight is 386 g/mol. The number of amides is 1. The highest BCUT2D eigenvalue weighted by Gasteiger charge is 2.13. The Morgan fingerprint density at radius 2 is 2.17 bits per heavy atom. The van der Waals surface area contributed by atoms with Crippen LogP contribution in [-0.2, 0) is 5.75 Å². The number of halogens is 2. The molecule has 0 aliphatic heterocycles. The summed E-state index contributed by atoms with van der Waals surface area (Å²) in [6, 6.07) is 8.59. The topological polar surface area (TPSA) is 68.0 Å². The Bertz CT molecular complexity index is 821. The van der Waals surface area contributed by atoms with Crippen LogP contribution in [0.5, 0.6) is 0 Å². The SMILES string of the molecule is O=C(Nc1nnc(SCc2ccc(Cl)cc2Cl)s1)c1ccco1. The van der Waals surface area contributed by atoms with Gasteiger partial charge in [-0.05, 0) is 29.8 Å². The van der Waals surface area contributed by atoms with Gasteiger partial charge < -0.3 is 4.42 Å². The highest BCUT2D eigenvalue weighted by atomic mass is 35.5. The van der Waals surface area contributed by atoms with Crippen LogP contribution in [0, 0.1) is 0 Å². The second-order valence-corrected chi connectivity index (χ2v) is 7.37. The van der Waals surface area contributed by atoms with Crippen LogP contribution in [-0.4, -0.2) is 16.1 Å². The van der Waals surface area contributed by atoms with Gasteiger partial charge >= 0.3 is 0 Å². The van der Waals surface area contributed by atoms with Crippen LogP contribution in [0.3, 0.4) is 0 Å². The zero-order valence-corrected chi connectivity index (χ0v) is 14.6. The molecule has 118 valence electrons. The van der Waals surface area contributed by atoms with E-state index in [1.54, 1.807) is 24.3 Å². The Labute approximate surface area is 150 Å². The molecule has 0 fully saturated rings. The first-order valence-corrected chi connectivity index (χ1v) is 8.93. The van der Waals surface area contributed by atoms with Gasteiger partial charge in [-0.15, -0.1) is 10.2 Å². The third-order valence-corrected chi connectivity index (χ3v) is 5.35. The molecule has 0 aliphatic rings. The Kier molecular flexibility index (Phi) is 5.22. The molecule has 3 rings (SSSR count). The molecule has 1 amide bonds. The Balaban J connectivity index is 1.60. The van der Waals surface area contributed by atoms with Crippen LogP contribution in [0.15, 0.2) is 45.4 Å². The maximum Gasteiger partial charge on any atom is 0.293 e. The second kappa shape index (κ2) is 7.35. The molecule has 0 atom stereocenters. The van der Waals surface area contributed by atoms with Crippen LogP contribution >= 0.6 is 46.3 Å². The van der Waals surface area contributed by atoms with Crippen LogP contribution in [0.25, 0.3) is 0 Å². The quantitative estimate of drug-likeness (QED) is 0.495. The molecule has 1 N–H and O–H groups in total. The summed E-state index contributed by atoms with van der Waals surface area (Å²) in [5.41, 5.74) is 0.956. The molecule has 2 aromatic heterocycles. The normalized spacial score (nSPS) is 10.7. The van der Waals surface area contributed by atoms with Crippen molar-refractivity contribution in [3.05, 3.63) is 58.0 Å². The lowest BCUT2D eigenvalue weighted by Crippen LogP contribution is -2.10. The van der Waals surface area contributed by atoms with Crippen LogP contribution in [0.1, 0.15) is 16.1 Å². The van der Waals surface area contributed by atoms with Gasteiger partial charge in [0.05, 0.1) is 6.26 Å². The maximum atomic E-state index is 11.8. The number of carbonyl (C=O) groups is 1. The van der Waals surface area contributed by atoms with E-state index in [0.29, 0.717) is 20.9 Å². The number of nitrogens with one attached hydrogen (secondary N) is 1. The van der Waals surface area contributed by atoms with Gasteiger partial charge in [-0.25, -0.2) is 0 Å². The summed E-state index contributed by atoms with van der Waals surface area (Å²) in [7, 11) is 0. The number of rotatable bonds is 5. The van der Waals surface area contributed by atoms with Gasteiger partial charge in [0.1, 0.15) is 0 Å². The molecule has 0 radical (unpaired) electrons. The largest absolute Gasteiger partial charge is 0.459 e. The number of aromatic nitrogens is 2. The molecule has 9 heteroatoms. The van der Waals surface area contributed by atoms with Crippen molar-refractivity contribution in [1.82, 2.24) is 10.2 Å². The lowest BCUT2D eigenvalue weighted by atomic mass is 10.2. The van der Waals surface area contributed by atoms with Crippen molar-refractivity contribution in [3.8, 4) is 0 Å². The minimum atomic E-state index is -0.358. The van der Waals surface area contributed by atoms with E-state index in [1.807, 2.05) is 6.07 Å². The predicted octanol–water partition coefficient (Wildman–Crippen LogP) is 4.98. The maximum absolute atomic E-state index is 11.8. The number of hydrogen-bond donors (Lipinski definition) is 1. The molecule has 0 saturated carbocycles. The van der Waals surface area contributed by atoms with Crippen molar-refractivity contribution in [2.75, 3.05) is 5.32 Å². The zero-order chi connectivity index (χ0) is 16.2. The van der Waals surface area contributed by atoms with Crippen molar-refractivity contribution in [2.24, 2.45) is 0 Å². The minimum Gasteiger partial charge on any atom is -0.459 e. The van der Waals surface area contributed by atoms with Gasteiger partial charge in [0.2, 0.25) is 5.13 Å². The van der Waals surface area contributed by atoms with E-state index in [4.69, 9.17) is 27.6 Å². The second-order valence-electron chi connectivity index (χ2n) is 4.33.